The number of hydrogen-bond donors (Lipinski definition) is 0. The minimum Gasteiger partial charge on any atom is -0.308 e. The quantitative estimate of drug-likeness (QED) is 0.214. The van der Waals surface area contributed by atoms with Gasteiger partial charge in [0.05, 0.1) is 28.2 Å². The van der Waals surface area contributed by atoms with Crippen LogP contribution in [-0.4, -0.2) is 20.4 Å². The van der Waals surface area contributed by atoms with Crippen molar-refractivity contribution in [2.75, 3.05) is 0 Å². The number of hydrogen-bond acceptors (Lipinski definition) is 5. The highest BCUT2D eigenvalue weighted by Gasteiger charge is 2.31. The van der Waals surface area contributed by atoms with Gasteiger partial charge in [0, 0.05) is 27.4 Å². The molecule has 41 heavy (non-hydrogen) atoms. The van der Waals surface area contributed by atoms with E-state index in [-0.39, 0.29) is 11.4 Å². The lowest BCUT2D eigenvalue weighted by molar-refractivity contribution is -0.137. The van der Waals surface area contributed by atoms with E-state index in [9.17, 15) is 23.2 Å². The number of alkyl halides is 3. The minimum atomic E-state index is -4.55. The lowest BCUT2D eigenvalue weighted by Gasteiger charge is -2.12. The summed E-state index contributed by atoms with van der Waals surface area (Å²) in [5.74, 6) is 0.00237. The third-order valence-electron chi connectivity index (χ3n) is 7.45. The van der Waals surface area contributed by atoms with Crippen LogP contribution in [0, 0.1) is 25.2 Å². The van der Waals surface area contributed by atoms with Crippen molar-refractivity contribution < 1.29 is 13.2 Å². The molecule has 6 rings (SSSR count). The van der Waals surface area contributed by atoms with E-state index in [1.807, 2.05) is 24.5 Å². The summed E-state index contributed by atoms with van der Waals surface area (Å²) in [5, 5.41) is 15.6. The number of benzene rings is 2. The first-order valence-corrected chi connectivity index (χ1v) is 14.0. The van der Waals surface area contributed by atoms with Gasteiger partial charge in [-0.15, -0.1) is 11.3 Å². The Morgan fingerprint density at radius 3 is 2.63 bits per heavy atom. The van der Waals surface area contributed by atoms with E-state index in [4.69, 9.17) is 0 Å². The normalized spacial score (nSPS) is 13.6. The van der Waals surface area contributed by atoms with Gasteiger partial charge in [-0.3, -0.25) is 4.79 Å². The summed E-state index contributed by atoms with van der Waals surface area (Å²) in [5.41, 5.74) is 3.44. The van der Waals surface area contributed by atoms with E-state index in [1.165, 1.54) is 23.2 Å². The Morgan fingerprint density at radius 1 is 1.07 bits per heavy atom. The molecule has 206 valence electrons. The standard InChI is InChI=1S/C31H24F3N5OS/c1-18-14-21(19(2)38(18)30-25(16-35)23-10-4-6-13-27(23)41-30)17-36-39-28(20-8-7-9-22(15-20)31(32,33)34)37-26-12-5-3-11-24(26)29(39)40/h3,5,7-9,11-12,14-15,17H,4,6,10,13H2,1-2H3. The number of halogens is 3. The first-order valence-electron chi connectivity index (χ1n) is 13.1. The number of nitriles is 1. The summed E-state index contributed by atoms with van der Waals surface area (Å²) in [6.45, 7) is 3.87. The molecule has 0 saturated carbocycles. The zero-order valence-electron chi connectivity index (χ0n) is 22.3. The predicted octanol–water partition coefficient (Wildman–Crippen LogP) is 7.18. The summed E-state index contributed by atoms with van der Waals surface area (Å²) in [4.78, 5) is 19.3. The Bertz CT molecular complexity index is 1960. The molecule has 10 heteroatoms. The van der Waals surface area contributed by atoms with Crippen LogP contribution in [0.15, 0.2) is 64.5 Å². The van der Waals surface area contributed by atoms with Gasteiger partial charge in [0.15, 0.2) is 5.82 Å². The number of aromatic nitrogens is 3. The molecule has 0 fully saturated rings. The van der Waals surface area contributed by atoms with Crippen molar-refractivity contribution in [1.82, 2.24) is 14.2 Å². The van der Waals surface area contributed by atoms with Gasteiger partial charge in [0.25, 0.3) is 5.56 Å². The molecule has 0 saturated heterocycles. The molecule has 0 unspecified atom stereocenters. The van der Waals surface area contributed by atoms with Gasteiger partial charge in [0.1, 0.15) is 11.1 Å². The Balaban J connectivity index is 1.49. The number of para-hydroxylation sites is 1. The molecule has 5 aromatic rings. The van der Waals surface area contributed by atoms with Crippen molar-refractivity contribution in [3.63, 3.8) is 0 Å². The van der Waals surface area contributed by atoms with Gasteiger partial charge < -0.3 is 4.57 Å². The van der Waals surface area contributed by atoms with Crippen molar-refractivity contribution in [3.8, 4) is 22.5 Å². The van der Waals surface area contributed by atoms with E-state index in [0.717, 1.165) is 64.4 Å². The average molecular weight is 572 g/mol. The largest absolute Gasteiger partial charge is 0.416 e. The van der Waals surface area contributed by atoms with Gasteiger partial charge in [-0.2, -0.15) is 28.2 Å². The van der Waals surface area contributed by atoms with Gasteiger partial charge in [-0.1, -0.05) is 24.3 Å². The van der Waals surface area contributed by atoms with Crippen LogP contribution in [-0.2, 0) is 19.0 Å². The number of nitrogens with zero attached hydrogens (tertiary/aromatic N) is 5. The van der Waals surface area contributed by atoms with Crippen molar-refractivity contribution in [2.24, 2.45) is 5.10 Å². The van der Waals surface area contributed by atoms with Crippen molar-refractivity contribution in [1.29, 1.82) is 5.26 Å². The maximum Gasteiger partial charge on any atom is 0.416 e. The third-order valence-corrected chi connectivity index (χ3v) is 8.73. The Labute approximate surface area is 237 Å². The van der Waals surface area contributed by atoms with Crippen LogP contribution in [0.25, 0.3) is 27.3 Å². The van der Waals surface area contributed by atoms with Crippen LogP contribution in [0.2, 0.25) is 0 Å². The molecular formula is C31H24F3N5OS. The average Bonchev–Trinajstić information content (AvgIpc) is 3.47. The second kappa shape index (κ2) is 10.2. The molecule has 2 aromatic carbocycles. The van der Waals surface area contributed by atoms with Gasteiger partial charge in [-0.05, 0) is 75.4 Å². The van der Waals surface area contributed by atoms with Crippen LogP contribution in [0.1, 0.15) is 51.4 Å². The number of rotatable bonds is 4. The smallest absolute Gasteiger partial charge is 0.308 e. The molecule has 1 aliphatic carbocycles. The molecule has 0 radical (unpaired) electrons. The number of thiophene rings is 1. The molecular weight excluding hydrogens is 547 g/mol. The van der Waals surface area contributed by atoms with Crippen LogP contribution in [0.4, 0.5) is 13.2 Å². The van der Waals surface area contributed by atoms with Crippen LogP contribution >= 0.6 is 11.3 Å². The molecule has 3 heterocycles. The molecule has 0 N–H and O–H groups in total. The summed E-state index contributed by atoms with van der Waals surface area (Å²) in [6.07, 6.45) is 1.02. The predicted molar refractivity (Wildman–Crippen MR) is 154 cm³/mol. The summed E-state index contributed by atoms with van der Waals surface area (Å²) in [7, 11) is 0. The fourth-order valence-corrected chi connectivity index (χ4v) is 6.88. The minimum absolute atomic E-state index is 0.00237. The highest BCUT2D eigenvalue weighted by Crippen LogP contribution is 2.38. The maximum atomic E-state index is 13.5. The number of fused-ring (bicyclic) bond motifs is 2. The maximum absolute atomic E-state index is 13.5. The second-order valence-corrected chi connectivity index (χ2v) is 11.1. The van der Waals surface area contributed by atoms with Crippen molar-refractivity contribution >= 4 is 28.5 Å². The van der Waals surface area contributed by atoms with Crippen LogP contribution in [0.3, 0.4) is 0 Å². The molecule has 1 aliphatic rings. The lowest BCUT2D eigenvalue weighted by atomic mass is 9.96. The summed E-state index contributed by atoms with van der Waals surface area (Å²) in [6, 6.07) is 15.7. The van der Waals surface area contributed by atoms with E-state index < -0.39 is 17.3 Å². The van der Waals surface area contributed by atoms with Gasteiger partial charge in [-0.25, -0.2) is 4.98 Å². The molecule has 0 bridgehead atoms. The van der Waals surface area contributed by atoms with Crippen LogP contribution < -0.4 is 5.56 Å². The van der Waals surface area contributed by atoms with E-state index >= 15 is 0 Å². The highest BCUT2D eigenvalue weighted by molar-refractivity contribution is 7.15. The fourth-order valence-electron chi connectivity index (χ4n) is 5.43. The molecule has 6 nitrogen and oxygen atoms in total. The van der Waals surface area contributed by atoms with Gasteiger partial charge >= 0.3 is 6.18 Å². The Kier molecular flexibility index (Phi) is 6.62. The van der Waals surface area contributed by atoms with E-state index in [1.54, 1.807) is 35.6 Å². The monoisotopic (exact) mass is 571 g/mol. The highest BCUT2D eigenvalue weighted by atomic mass is 32.1. The van der Waals surface area contributed by atoms with Crippen molar-refractivity contribution in [3.05, 3.63) is 103 Å². The topological polar surface area (TPSA) is 76.0 Å². The van der Waals surface area contributed by atoms with Crippen molar-refractivity contribution in [2.45, 2.75) is 45.7 Å². The molecule has 0 amide bonds. The zero-order valence-corrected chi connectivity index (χ0v) is 23.1. The molecule has 0 spiro atoms. The SMILES string of the molecule is Cc1cc(C=Nn2c(-c3cccc(C(F)(F)F)c3)nc3ccccc3c2=O)c(C)n1-c1sc2c(c1C#N)CCCC2. The fraction of sp³-hybridized carbons (Fsp3) is 0.226. The zero-order chi connectivity index (χ0) is 28.9. The Morgan fingerprint density at radius 2 is 1.85 bits per heavy atom. The van der Waals surface area contributed by atoms with Gasteiger partial charge in [0.2, 0.25) is 0 Å². The molecule has 0 atom stereocenters. The first kappa shape index (κ1) is 26.7. The number of aryl methyl sites for hydroxylation is 2. The van der Waals surface area contributed by atoms with Crippen LogP contribution in [0.5, 0.6) is 0 Å². The van der Waals surface area contributed by atoms with E-state index in [2.05, 4.69) is 16.2 Å². The second-order valence-electron chi connectivity index (χ2n) is 10.1. The lowest BCUT2D eigenvalue weighted by Crippen LogP contribution is -2.20. The first-order chi connectivity index (χ1) is 19.7. The Hall–Kier alpha value is -4.49. The molecule has 0 aliphatic heterocycles. The molecule has 3 aromatic heterocycles. The van der Waals surface area contributed by atoms with E-state index in [0.29, 0.717) is 22.0 Å². The third kappa shape index (κ3) is 4.66. The summed E-state index contributed by atoms with van der Waals surface area (Å²) >= 11 is 1.64. The summed E-state index contributed by atoms with van der Waals surface area (Å²) < 4.78 is 43.6.